The fourth-order valence-corrected chi connectivity index (χ4v) is 3.18. The molecule has 2 heterocycles. The zero-order chi connectivity index (χ0) is 15.4. The van der Waals surface area contributed by atoms with Crippen molar-refractivity contribution in [2.24, 2.45) is 5.92 Å². The van der Waals surface area contributed by atoms with E-state index < -0.39 is 23.2 Å². The lowest BCUT2D eigenvalue weighted by Crippen LogP contribution is -2.52. The smallest absolute Gasteiger partial charge is 0.198 e. The van der Waals surface area contributed by atoms with Gasteiger partial charge in [0.15, 0.2) is 5.78 Å². The van der Waals surface area contributed by atoms with E-state index in [9.17, 15) is 14.7 Å². The lowest BCUT2D eigenvalue weighted by atomic mass is 9.66. The number of furan rings is 2. The first-order chi connectivity index (χ1) is 9.84. The maximum atomic E-state index is 12.4. The first-order valence-corrected chi connectivity index (χ1v) is 6.75. The fraction of sp³-hybridized carbons (Fsp3) is 0.375. The minimum Gasteiger partial charge on any atom is -0.468 e. The molecule has 2 aromatic heterocycles. The molecule has 5 heteroatoms. The second kappa shape index (κ2) is 4.43. The van der Waals surface area contributed by atoms with Crippen LogP contribution in [0.2, 0.25) is 0 Å². The highest BCUT2D eigenvalue weighted by atomic mass is 16.4. The van der Waals surface area contributed by atoms with Gasteiger partial charge in [0.25, 0.3) is 0 Å². The van der Waals surface area contributed by atoms with Gasteiger partial charge < -0.3 is 13.9 Å². The first-order valence-electron chi connectivity index (χ1n) is 6.75. The van der Waals surface area contributed by atoms with E-state index in [4.69, 9.17) is 8.83 Å². The van der Waals surface area contributed by atoms with Crippen molar-refractivity contribution >= 4 is 11.6 Å². The number of hydrogen-bond acceptors (Lipinski definition) is 5. The summed E-state index contributed by atoms with van der Waals surface area (Å²) in [6.45, 7) is 4.53. The third-order valence-corrected chi connectivity index (χ3v) is 4.13. The van der Waals surface area contributed by atoms with Gasteiger partial charge in [-0.05, 0) is 39.0 Å². The number of aliphatic hydroxyl groups is 1. The molecule has 0 spiro atoms. The fourth-order valence-electron chi connectivity index (χ4n) is 3.18. The van der Waals surface area contributed by atoms with Gasteiger partial charge >= 0.3 is 0 Å². The van der Waals surface area contributed by atoms with Gasteiger partial charge in [0.05, 0.1) is 23.7 Å². The summed E-state index contributed by atoms with van der Waals surface area (Å²) < 4.78 is 11.1. The molecule has 0 unspecified atom stereocenters. The molecule has 0 aromatic carbocycles. The number of carbonyl (C=O) groups is 2. The summed E-state index contributed by atoms with van der Waals surface area (Å²) in [6, 6.07) is 5.04. The number of rotatable bonds is 2. The topological polar surface area (TPSA) is 80.7 Å². The van der Waals surface area contributed by atoms with Gasteiger partial charge in [-0.15, -0.1) is 0 Å². The van der Waals surface area contributed by atoms with Gasteiger partial charge in [0.2, 0.25) is 0 Å². The van der Waals surface area contributed by atoms with Crippen molar-refractivity contribution in [3.63, 3.8) is 0 Å². The zero-order valence-corrected chi connectivity index (χ0v) is 12.0. The predicted molar refractivity (Wildman–Crippen MR) is 73.1 cm³/mol. The molecular weight excluding hydrogens is 272 g/mol. The highest BCUT2D eigenvalue weighted by Gasteiger charge is 2.54. The average Bonchev–Trinajstić information content (AvgIpc) is 3.01. The average molecular weight is 288 g/mol. The Bertz CT molecular complexity index is 719. The van der Waals surface area contributed by atoms with Gasteiger partial charge in [-0.1, -0.05) is 0 Å². The Hall–Kier alpha value is -2.14. The van der Waals surface area contributed by atoms with E-state index in [2.05, 4.69) is 0 Å². The Labute approximate surface area is 121 Å². The number of hydrogen-bond donors (Lipinski definition) is 1. The predicted octanol–water partition coefficient (Wildman–Crippen LogP) is 2.47. The van der Waals surface area contributed by atoms with Crippen LogP contribution in [0.25, 0.3) is 0 Å². The number of Topliss-reactive ketones (excluding diaryl/α,β-unsaturated/α-hetero) is 2. The lowest BCUT2D eigenvalue weighted by Gasteiger charge is -2.38. The molecule has 0 aliphatic heterocycles. The Morgan fingerprint density at radius 2 is 2.05 bits per heavy atom. The molecule has 1 N–H and O–H groups in total. The molecular formula is C16H16O5. The Morgan fingerprint density at radius 1 is 1.33 bits per heavy atom. The third-order valence-electron chi connectivity index (χ3n) is 4.13. The summed E-state index contributed by atoms with van der Waals surface area (Å²) in [5, 5.41) is 10.6. The highest BCUT2D eigenvalue weighted by molar-refractivity contribution is 6.08. The van der Waals surface area contributed by atoms with Crippen LogP contribution in [0.5, 0.6) is 0 Å². The SMILES string of the molecule is CC(=O)[C@H]1[C@H](c2ccc(C)o2)c2occc2C(=O)[C@]1(C)O. The Balaban J connectivity index is 2.26. The van der Waals surface area contributed by atoms with Crippen molar-refractivity contribution in [2.45, 2.75) is 32.3 Å². The van der Waals surface area contributed by atoms with Crippen molar-refractivity contribution in [1.82, 2.24) is 0 Å². The van der Waals surface area contributed by atoms with Gasteiger partial charge in [-0.3, -0.25) is 9.59 Å². The Kier molecular flexibility index (Phi) is 2.92. The summed E-state index contributed by atoms with van der Waals surface area (Å²) in [5.41, 5.74) is -1.48. The summed E-state index contributed by atoms with van der Waals surface area (Å²) in [4.78, 5) is 24.5. The summed E-state index contributed by atoms with van der Waals surface area (Å²) in [6.07, 6.45) is 1.39. The second-order valence-electron chi connectivity index (χ2n) is 5.69. The van der Waals surface area contributed by atoms with E-state index in [0.717, 1.165) is 0 Å². The van der Waals surface area contributed by atoms with E-state index >= 15 is 0 Å². The van der Waals surface area contributed by atoms with Crippen molar-refractivity contribution in [2.75, 3.05) is 0 Å². The summed E-state index contributed by atoms with van der Waals surface area (Å²) >= 11 is 0. The number of aryl methyl sites for hydroxylation is 1. The summed E-state index contributed by atoms with van der Waals surface area (Å²) in [5.74, 6) is -0.738. The summed E-state index contributed by atoms with van der Waals surface area (Å²) in [7, 11) is 0. The van der Waals surface area contributed by atoms with Crippen LogP contribution in [0.15, 0.2) is 33.3 Å². The van der Waals surface area contributed by atoms with E-state index in [1.165, 1.54) is 26.2 Å². The maximum absolute atomic E-state index is 12.4. The molecule has 1 aliphatic rings. The van der Waals surface area contributed by atoms with Crippen LogP contribution in [0.1, 0.15) is 47.4 Å². The van der Waals surface area contributed by atoms with Crippen LogP contribution in [0.3, 0.4) is 0 Å². The normalized spacial score (nSPS) is 28.5. The number of carbonyl (C=O) groups excluding carboxylic acids is 2. The van der Waals surface area contributed by atoms with E-state index in [0.29, 0.717) is 22.8 Å². The van der Waals surface area contributed by atoms with Crippen LogP contribution in [0, 0.1) is 12.8 Å². The molecule has 3 rings (SSSR count). The minimum absolute atomic E-state index is 0.283. The van der Waals surface area contributed by atoms with E-state index in [1.54, 1.807) is 19.1 Å². The van der Waals surface area contributed by atoms with Gasteiger partial charge in [0, 0.05) is 0 Å². The molecule has 0 radical (unpaired) electrons. The van der Waals surface area contributed by atoms with Crippen LogP contribution >= 0.6 is 0 Å². The first kappa shape index (κ1) is 13.8. The lowest BCUT2D eigenvalue weighted by molar-refractivity contribution is -0.128. The maximum Gasteiger partial charge on any atom is 0.198 e. The van der Waals surface area contributed by atoms with Crippen molar-refractivity contribution in [1.29, 1.82) is 0 Å². The second-order valence-corrected chi connectivity index (χ2v) is 5.69. The molecule has 2 aromatic rings. The molecule has 0 saturated heterocycles. The molecule has 0 fully saturated rings. The van der Waals surface area contributed by atoms with Gasteiger partial charge in [-0.25, -0.2) is 0 Å². The van der Waals surface area contributed by atoms with E-state index in [1.807, 2.05) is 0 Å². The van der Waals surface area contributed by atoms with Crippen LogP contribution in [-0.2, 0) is 4.79 Å². The Morgan fingerprint density at radius 3 is 2.62 bits per heavy atom. The highest BCUT2D eigenvalue weighted by Crippen LogP contribution is 2.46. The molecule has 0 bridgehead atoms. The van der Waals surface area contributed by atoms with Crippen molar-refractivity contribution in [3.05, 3.63) is 47.3 Å². The van der Waals surface area contributed by atoms with Gasteiger partial charge in [0.1, 0.15) is 28.7 Å². The van der Waals surface area contributed by atoms with Crippen LogP contribution in [-0.4, -0.2) is 22.3 Å². The van der Waals surface area contributed by atoms with Crippen LogP contribution in [0.4, 0.5) is 0 Å². The van der Waals surface area contributed by atoms with E-state index in [-0.39, 0.29) is 5.78 Å². The third kappa shape index (κ3) is 1.88. The molecule has 110 valence electrons. The van der Waals surface area contributed by atoms with Crippen molar-refractivity contribution in [3.8, 4) is 0 Å². The quantitative estimate of drug-likeness (QED) is 0.918. The molecule has 0 amide bonds. The molecule has 0 saturated carbocycles. The zero-order valence-electron chi connectivity index (χ0n) is 12.0. The monoisotopic (exact) mass is 288 g/mol. The molecule has 1 aliphatic carbocycles. The number of fused-ring (bicyclic) bond motifs is 1. The largest absolute Gasteiger partial charge is 0.468 e. The molecule has 21 heavy (non-hydrogen) atoms. The molecule has 3 atom stereocenters. The van der Waals surface area contributed by atoms with Crippen molar-refractivity contribution < 1.29 is 23.5 Å². The molecule has 5 nitrogen and oxygen atoms in total. The van der Waals surface area contributed by atoms with Gasteiger partial charge in [-0.2, -0.15) is 0 Å². The minimum atomic E-state index is -1.78. The van der Waals surface area contributed by atoms with Crippen LogP contribution < -0.4 is 0 Å². The standard InChI is InChI=1S/C16H16O5/c1-8-4-5-11(21-8)12-13(9(2)17)16(3,19)15(18)10-6-7-20-14(10)12/h4-7,12-13,19H,1-3H3/t12-,13-,16+/m0/s1. The number of ketones is 2.